The number of benzene rings is 10. The lowest BCUT2D eigenvalue weighted by atomic mass is 9.87. The first-order valence-corrected chi connectivity index (χ1v) is 20.9. The highest BCUT2D eigenvalue weighted by Crippen LogP contribution is 2.52. The largest absolute Gasteiger partial charge is 0.454 e. The van der Waals surface area contributed by atoms with Gasteiger partial charge in [0.2, 0.25) is 0 Å². The smallest absolute Gasteiger partial charge is 0.159 e. The zero-order chi connectivity index (χ0) is 38.9. The molecule has 0 radical (unpaired) electrons. The van der Waals surface area contributed by atoms with Crippen LogP contribution in [0.2, 0.25) is 0 Å². The first kappa shape index (κ1) is 33.7. The number of rotatable bonds is 6. The van der Waals surface area contributed by atoms with E-state index in [1.807, 2.05) is 11.3 Å². The van der Waals surface area contributed by atoms with E-state index >= 15 is 0 Å². The van der Waals surface area contributed by atoms with Crippen molar-refractivity contribution >= 4 is 92.1 Å². The van der Waals surface area contributed by atoms with Gasteiger partial charge in [0, 0.05) is 31.8 Å². The molecule has 3 heteroatoms. The van der Waals surface area contributed by atoms with Gasteiger partial charge in [-0.15, -0.1) is 11.3 Å². The molecule has 0 aliphatic carbocycles. The molecule has 0 bridgehead atoms. The van der Waals surface area contributed by atoms with Gasteiger partial charge in [0.1, 0.15) is 5.58 Å². The summed E-state index contributed by atoms with van der Waals surface area (Å²) < 4.78 is 9.37. The first-order chi connectivity index (χ1) is 29.3. The van der Waals surface area contributed by atoms with Crippen molar-refractivity contribution in [3.63, 3.8) is 0 Å². The van der Waals surface area contributed by atoms with Crippen LogP contribution in [-0.2, 0) is 0 Å². The van der Waals surface area contributed by atoms with Crippen molar-refractivity contribution in [1.82, 2.24) is 0 Å². The standard InChI is InChI=1S/C56H35NOS/c1-2-16-37(17-3-1)40-33-34-43(42-20-7-6-19-41(40)42)46-23-12-26-49(54(46)39-32-31-36-15-4-5-18-38(36)35-39)57(50-27-13-24-47-44-21-8-10-29-52(44)58-55(47)50)51-28-14-25-48-45-22-9-11-30-53(45)59-56(48)51/h1-35H. The fraction of sp³-hybridized carbons (Fsp3) is 0. The number of para-hydroxylation sites is 2. The lowest BCUT2D eigenvalue weighted by molar-refractivity contribution is 0.669. The quantitative estimate of drug-likeness (QED) is 0.167. The lowest BCUT2D eigenvalue weighted by Gasteiger charge is -2.30. The van der Waals surface area contributed by atoms with E-state index in [0.29, 0.717) is 0 Å². The molecule has 2 aromatic heterocycles. The number of fused-ring (bicyclic) bond motifs is 8. The van der Waals surface area contributed by atoms with Gasteiger partial charge in [-0.25, -0.2) is 0 Å². The fourth-order valence-corrected chi connectivity index (χ4v) is 10.4. The fourth-order valence-electron chi connectivity index (χ4n) is 9.21. The van der Waals surface area contributed by atoms with Crippen molar-refractivity contribution < 1.29 is 4.42 Å². The van der Waals surface area contributed by atoms with Crippen molar-refractivity contribution in [3.05, 3.63) is 212 Å². The van der Waals surface area contributed by atoms with E-state index in [-0.39, 0.29) is 0 Å². The molecule has 0 saturated heterocycles. The van der Waals surface area contributed by atoms with Crippen molar-refractivity contribution in [3.8, 4) is 33.4 Å². The van der Waals surface area contributed by atoms with Gasteiger partial charge in [0.05, 0.1) is 21.8 Å². The molecule has 0 spiro atoms. The van der Waals surface area contributed by atoms with Crippen LogP contribution in [-0.4, -0.2) is 0 Å². The van der Waals surface area contributed by atoms with Crippen LogP contribution in [0.25, 0.3) is 97.0 Å². The van der Waals surface area contributed by atoms with E-state index in [2.05, 4.69) is 217 Å². The van der Waals surface area contributed by atoms with Crippen LogP contribution in [0.5, 0.6) is 0 Å². The summed E-state index contributed by atoms with van der Waals surface area (Å²) in [6.07, 6.45) is 0. The Morgan fingerprint density at radius 2 is 0.983 bits per heavy atom. The highest BCUT2D eigenvalue weighted by Gasteiger charge is 2.27. The lowest BCUT2D eigenvalue weighted by Crippen LogP contribution is -2.12. The molecule has 12 rings (SSSR count). The van der Waals surface area contributed by atoms with E-state index in [1.54, 1.807) is 0 Å². The minimum atomic E-state index is 0.861. The van der Waals surface area contributed by atoms with Gasteiger partial charge in [-0.05, 0) is 85.8 Å². The number of hydrogen-bond donors (Lipinski definition) is 0. The third kappa shape index (κ3) is 5.40. The second kappa shape index (κ2) is 13.6. The van der Waals surface area contributed by atoms with E-state index in [4.69, 9.17) is 4.42 Å². The summed E-state index contributed by atoms with van der Waals surface area (Å²) in [6, 6.07) is 77.1. The molecule has 0 fully saturated rings. The maximum atomic E-state index is 6.87. The average molecular weight is 770 g/mol. The van der Waals surface area contributed by atoms with Crippen LogP contribution in [0.4, 0.5) is 17.1 Å². The Balaban J connectivity index is 1.21. The van der Waals surface area contributed by atoms with E-state index in [9.17, 15) is 0 Å². The minimum Gasteiger partial charge on any atom is -0.454 e. The Kier molecular flexibility index (Phi) is 7.75. The summed E-state index contributed by atoms with van der Waals surface area (Å²) in [5, 5.41) is 9.57. The molecule has 10 aromatic carbocycles. The van der Waals surface area contributed by atoms with Crippen LogP contribution in [0, 0.1) is 0 Å². The van der Waals surface area contributed by atoms with Crippen molar-refractivity contribution in [2.24, 2.45) is 0 Å². The Bertz CT molecular complexity index is 3460. The zero-order valence-corrected chi connectivity index (χ0v) is 32.8. The summed E-state index contributed by atoms with van der Waals surface area (Å²) >= 11 is 1.85. The molecule has 12 aromatic rings. The topological polar surface area (TPSA) is 16.4 Å². The molecule has 0 N–H and O–H groups in total. The van der Waals surface area contributed by atoms with Gasteiger partial charge in [0.25, 0.3) is 0 Å². The van der Waals surface area contributed by atoms with Crippen LogP contribution >= 0.6 is 11.3 Å². The first-order valence-electron chi connectivity index (χ1n) is 20.1. The number of thiophene rings is 1. The molecule has 2 heterocycles. The Hall–Kier alpha value is -7.46. The Morgan fingerprint density at radius 1 is 0.356 bits per heavy atom. The van der Waals surface area contributed by atoms with E-state index in [1.165, 1.54) is 64.0 Å². The summed E-state index contributed by atoms with van der Waals surface area (Å²) in [5.41, 5.74) is 12.0. The predicted molar refractivity (Wildman–Crippen MR) is 253 cm³/mol. The van der Waals surface area contributed by atoms with Gasteiger partial charge >= 0.3 is 0 Å². The van der Waals surface area contributed by atoms with Gasteiger partial charge in [-0.3, -0.25) is 0 Å². The van der Waals surface area contributed by atoms with Gasteiger partial charge in [-0.1, -0.05) is 176 Å². The molecule has 276 valence electrons. The van der Waals surface area contributed by atoms with E-state index < -0.39 is 0 Å². The second-order valence-corrected chi connectivity index (χ2v) is 16.2. The average Bonchev–Trinajstić information content (AvgIpc) is 3.88. The number of nitrogens with zero attached hydrogens (tertiary/aromatic N) is 1. The van der Waals surface area contributed by atoms with Crippen molar-refractivity contribution in [2.75, 3.05) is 4.90 Å². The number of furan rings is 1. The molecule has 0 amide bonds. The molecular weight excluding hydrogens is 735 g/mol. The predicted octanol–water partition coefficient (Wildman–Crippen LogP) is 16.7. The molecule has 59 heavy (non-hydrogen) atoms. The molecule has 0 aliphatic heterocycles. The highest BCUT2D eigenvalue weighted by molar-refractivity contribution is 7.26. The second-order valence-electron chi connectivity index (χ2n) is 15.2. The Morgan fingerprint density at radius 3 is 1.85 bits per heavy atom. The molecular formula is C56H35NOS. The van der Waals surface area contributed by atoms with E-state index in [0.717, 1.165) is 50.1 Å². The van der Waals surface area contributed by atoms with Gasteiger partial charge < -0.3 is 9.32 Å². The van der Waals surface area contributed by atoms with Gasteiger partial charge in [-0.2, -0.15) is 0 Å². The van der Waals surface area contributed by atoms with Crippen LogP contribution in [0.15, 0.2) is 217 Å². The van der Waals surface area contributed by atoms with Crippen LogP contribution in [0.3, 0.4) is 0 Å². The summed E-state index contributed by atoms with van der Waals surface area (Å²) in [4.78, 5) is 2.47. The molecule has 0 saturated carbocycles. The van der Waals surface area contributed by atoms with Gasteiger partial charge in [0.15, 0.2) is 5.58 Å². The van der Waals surface area contributed by atoms with Crippen molar-refractivity contribution in [1.29, 1.82) is 0 Å². The van der Waals surface area contributed by atoms with Crippen LogP contribution < -0.4 is 4.90 Å². The number of hydrogen-bond acceptors (Lipinski definition) is 3. The normalized spacial score (nSPS) is 11.7. The SMILES string of the molecule is c1ccc(-c2ccc(-c3cccc(N(c4cccc5c4oc4ccccc45)c4cccc5c4sc4ccccc45)c3-c3ccc4ccccc4c3)c3ccccc23)cc1. The third-order valence-electron chi connectivity index (χ3n) is 11.9. The summed E-state index contributed by atoms with van der Waals surface area (Å²) in [7, 11) is 0. The molecule has 0 aliphatic rings. The third-order valence-corrected chi connectivity index (χ3v) is 13.1. The number of anilines is 3. The summed E-state index contributed by atoms with van der Waals surface area (Å²) in [5.74, 6) is 0. The zero-order valence-electron chi connectivity index (χ0n) is 32.0. The minimum absolute atomic E-state index is 0.861. The van der Waals surface area contributed by atoms with Crippen LogP contribution in [0.1, 0.15) is 0 Å². The van der Waals surface area contributed by atoms with Crippen molar-refractivity contribution in [2.45, 2.75) is 0 Å². The molecule has 2 nitrogen and oxygen atoms in total. The molecule has 0 unspecified atom stereocenters. The summed E-state index contributed by atoms with van der Waals surface area (Å²) in [6.45, 7) is 0. The Labute approximate surface area is 345 Å². The monoisotopic (exact) mass is 769 g/mol. The highest BCUT2D eigenvalue weighted by atomic mass is 32.1. The maximum Gasteiger partial charge on any atom is 0.159 e. The molecule has 0 atom stereocenters. The maximum absolute atomic E-state index is 6.87.